The Kier molecular flexibility index (Phi) is 5.35. The summed E-state index contributed by atoms with van der Waals surface area (Å²) in [6.45, 7) is 0.0637. The van der Waals surface area contributed by atoms with Crippen LogP contribution < -0.4 is 10.0 Å². The molecule has 0 aliphatic rings. The second-order valence-corrected chi connectivity index (χ2v) is 5.94. The molecule has 0 aliphatic carbocycles. The van der Waals surface area contributed by atoms with Crippen molar-refractivity contribution in [2.24, 2.45) is 0 Å². The Balaban J connectivity index is 2.64. The number of sulfonamides is 1. The van der Waals surface area contributed by atoms with Crippen LogP contribution in [0.25, 0.3) is 0 Å². The quantitative estimate of drug-likeness (QED) is 0.625. The fourth-order valence-electron chi connectivity index (χ4n) is 1.50. The van der Waals surface area contributed by atoms with Gasteiger partial charge >= 0.3 is 6.18 Å². The third-order valence-electron chi connectivity index (χ3n) is 2.34. The molecule has 0 saturated heterocycles. The largest absolute Gasteiger partial charge is 0.418 e. The molecule has 1 aromatic carbocycles. The lowest BCUT2D eigenvalue weighted by atomic mass is 10.1. The van der Waals surface area contributed by atoms with Crippen molar-refractivity contribution < 1.29 is 26.0 Å². The first-order valence-electron chi connectivity index (χ1n) is 5.65. The van der Waals surface area contributed by atoms with E-state index < -0.39 is 33.3 Å². The van der Waals surface area contributed by atoms with E-state index in [1.165, 1.54) is 0 Å². The Labute approximate surface area is 114 Å². The molecule has 0 fully saturated rings. The summed E-state index contributed by atoms with van der Waals surface area (Å²) >= 11 is 0. The highest BCUT2D eigenvalue weighted by Gasteiger charge is 2.34. The molecule has 9 heteroatoms. The highest BCUT2D eigenvalue weighted by atomic mass is 32.2. The van der Waals surface area contributed by atoms with Crippen LogP contribution in [-0.2, 0) is 16.2 Å². The maximum Gasteiger partial charge on any atom is 0.418 e. The molecule has 0 heterocycles. The van der Waals surface area contributed by atoms with Gasteiger partial charge in [-0.25, -0.2) is 17.5 Å². The van der Waals surface area contributed by atoms with Gasteiger partial charge in [0.25, 0.3) is 0 Å². The first-order valence-corrected chi connectivity index (χ1v) is 7.54. The number of hydrogen-bond acceptors (Lipinski definition) is 3. The van der Waals surface area contributed by atoms with E-state index in [0.717, 1.165) is 24.5 Å². The molecular formula is C11H14F4N2O2S. The van der Waals surface area contributed by atoms with Crippen LogP contribution in [0.2, 0.25) is 0 Å². The monoisotopic (exact) mass is 314 g/mol. The van der Waals surface area contributed by atoms with Crippen LogP contribution in [0, 0.1) is 5.82 Å². The van der Waals surface area contributed by atoms with Crippen molar-refractivity contribution in [3.8, 4) is 0 Å². The molecule has 0 aromatic heterocycles. The fraction of sp³-hybridized carbons (Fsp3) is 0.455. The zero-order valence-electron chi connectivity index (χ0n) is 10.6. The fourth-order valence-corrected chi connectivity index (χ4v) is 2.01. The Bertz CT molecular complexity index is 558. The van der Waals surface area contributed by atoms with Crippen molar-refractivity contribution in [3.63, 3.8) is 0 Å². The summed E-state index contributed by atoms with van der Waals surface area (Å²) in [5.74, 6) is -1.00. The normalized spacial score (nSPS) is 12.4. The summed E-state index contributed by atoms with van der Waals surface area (Å²) in [4.78, 5) is 0. The van der Waals surface area contributed by atoms with Gasteiger partial charge in [-0.05, 0) is 18.6 Å². The summed E-state index contributed by atoms with van der Waals surface area (Å²) in [6, 6.07) is 2.68. The number of rotatable bonds is 6. The van der Waals surface area contributed by atoms with Crippen molar-refractivity contribution in [1.82, 2.24) is 4.72 Å². The number of hydrogen-bond donors (Lipinski definition) is 2. The Morgan fingerprint density at radius 2 is 1.85 bits per heavy atom. The van der Waals surface area contributed by atoms with E-state index in [-0.39, 0.29) is 19.5 Å². The molecule has 0 saturated carbocycles. The summed E-state index contributed by atoms with van der Waals surface area (Å²) in [6.07, 6.45) is -3.47. The van der Waals surface area contributed by atoms with Crippen LogP contribution in [0.5, 0.6) is 0 Å². The number of anilines is 1. The minimum atomic E-state index is -4.66. The standard InChI is InChI=1S/C11H14F4N2O2S/c1-20(18,19)17-7-3-6-16-10-8(11(13,14)15)4-2-5-9(10)12/h2,4-5,16-17H,3,6-7H2,1H3. The van der Waals surface area contributed by atoms with Crippen molar-refractivity contribution in [2.75, 3.05) is 24.7 Å². The van der Waals surface area contributed by atoms with E-state index in [0.29, 0.717) is 0 Å². The molecule has 114 valence electrons. The highest BCUT2D eigenvalue weighted by molar-refractivity contribution is 7.88. The van der Waals surface area contributed by atoms with E-state index in [9.17, 15) is 26.0 Å². The first-order chi connectivity index (χ1) is 9.11. The maximum atomic E-state index is 13.4. The van der Waals surface area contributed by atoms with Crippen LogP contribution in [-0.4, -0.2) is 27.8 Å². The average molecular weight is 314 g/mol. The predicted octanol–water partition coefficient (Wildman–Crippen LogP) is 2.20. The topological polar surface area (TPSA) is 58.2 Å². The van der Waals surface area contributed by atoms with Gasteiger partial charge in [-0.2, -0.15) is 13.2 Å². The van der Waals surface area contributed by atoms with Gasteiger partial charge in [0.1, 0.15) is 5.82 Å². The third kappa shape index (κ3) is 5.33. The van der Waals surface area contributed by atoms with E-state index in [1.807, 2.05) is 0 Å². The average Bonchev–Trinajstić information content (AvgIpc) is 2.27. The molecule has 1 rings (SSSR count). The van der Waals surface area contributed by atoms with Crippen LogP contribution >= 0.6 is 0 Å². The van der Waals surface area contributed by atoms with E-state index in [2.05, 4.69) is 10.0 Å². The van der Waals surface area contributed by atoms with E-state index in [1.54, 1.807) is 0 Å². The van der Waals surface area contributed by atoms with Gasteiger partial charge < -0.3 is 5.32 Å². The number of alkyl halides is 3. The van der Waals surface area contributed by atoms with Crippen molar-refractivity contribution in [2.45, 2.75) is 12.6 Å². The lowest BCUT2D eigenvalue weighted by Crippen LogP contribution is -2.24. The molecule has 0 atom stereocenters. The van der Waals surface area contributed by atoms with Gasteiger partial charge in [0.05, 0.1) is 17.5 Å². The predicted molar refractivity (Wildman–Crippen MR) is 67.4 cm³/mol. The number of para-hydroxylation sites is 1. The molecule has 20 heavy (non-hydrogen) atoms. The van der Waals surface area contributed by atoms with Crippen LogP contribution in [0.3, 0.4) is 0 Å². The molecule has 1 aromatic rings. The van der Waals surface area contributed by atoms with E-state index in [4.69, 9.17) is 0 Å². The van der Waals surface area contributed by atoms with Crippen molar-refractivity contribution >= 4 is 15.7 Å². The lowest BCUT2D eigenvalue weighted by Gasteiger charge is -2.15. The van der Waals surface area contributed by atoms with Gasteiger partial charge in [0.2, 0.25) is 10.0 Å². The number of benzene rings is 1. The van der Waals surface area contributed by atoms with Gasteiger partial charge in [-0.15, -0.1) is 0 Å². The molecule has 0 unspecified atom stereocenters. The maximum absolute atomic E-state index is 13.4. The summed E-state index contributed by atoms with van der Waals surface area (Å²) in [5, 5.41) is 2.34. The SMILES string of the molecule is CS(=O)(=O)NCCCNc1c(F)cccc1C(F)(F)F. The first kappa shape index (κ1) is 16.7. The second kappa shape index (κ2) is 6.40. The molecule has 0 spiro atoms. The second-order valence-electron chi connectivity index (χ2n) is 4.11. The Morgan fingerprint density at radius 3 is 2.40 bits per heavy atom. The third-order valence-corrected chi connectivity index (χ3v) is 3.07. The van der Waals surface area contributed by atoms with Gasteiger partial charge in [0.15, 0.2) is 0 Å². The van der Waals surface area contributed by atoms with Gasteiger partial charge in [-0.1, -0.05) is 6.07 Å². The van der Waals surface area contributed by atoms with E-state index >= 15 is 0 Å². The summed E-state index contributed by atoms with van der Waals surface area (Å²) < 4.78 is 75.1. The molecule has 0 radical (unpaired) electrons. The van der Waals surface area contributed by atoms with Gasteiger partial charge in [-0.3, -0.25) is 0 Å². The van der Waals surface area contributed by atoms with Crippen molar-refractivity contribution in [1.29, 1.82) is 0 Å². The molecule has 2 N–H and O–H groups in total. The highest BCUT2D eigenvalue weighted by Crippen LogP contribution is 2.35. The zero-order chi connectivity index (χ0) is 15.4. The molecule has 0 amide bonds. The minimum Gasteiger partial charge on any atom is -0.382 e. The van der Waals surface area contributed by atoms with Crippen LogP contribution in [0.1, 0.15) is 12.0 Å². The molecule has 4 nitrogen and oxygen atoms in total. The Hall–Kier alpha value is -1.35. The summed E-state index contributed by atoms with van der Waals surface area (Å²) in [7, 11) is -3.34. The lowest BCUT2D eigenvalue weighted by molar-refractivity contribution is -0.137. The number of nitrogens with one attached hydrogen (secondary N) is 2. The van der Waals surface area contributed by atoms with Gasteiger partial charge in [0, 0.05) is 13.1 Å². The zero-order valence-corrected chi connectivity index (χ0v) is 11.4. The summed E-state index contributed by atoms with van der Waals surface area (Å²) in [5.41, 5.74) is -1.71. The minimum absolute atomic E-state index is 0.00648. The van der Waals surface area contributed by atoms with Crippen LogP contribution in [0.15, 0.2) is 18.2 Å². The molecule has 0 aliphatic heterocycles. The molecular weight excluding hydrogens is 300 g/mol. The smallest absolute Gasteiger partial charge is 0.382 e. The Morgan fingerprint density at radius 1 is 1.20 bits per heavy atom. The molecule has 0 bridgehead atoms. The number of halogens is 4. The van der Waals surface area contributed by atoms with Crippen LogP contribution in [0.4, 0.5) is 23.2 Å². The van der Waals surface area contributed by atoms with Crippen molar-refractivity contribution in [3.05, 3.63) is 29.6 Å².